The number of amides is 7. The van der Waals surface area contributed by atoms with E-state index in [9.17, 15) is 61.4 Å². The molecule has 30 heteroatoms. The molecule has 25 nitrogen and oxygen atoms in total. The molecule has 0 bridgehead atoms. The first-order valence-corrected chi connectivity index (χ1v) is 36.1. The lowest BCUT2D eigenvalue weighted by Gasteiger charge is -2.38. The Bertz CT molecular complexity index is 3810. The number of aromatic nitrogens is 4. The summed E-state index contributed by atoms with van der Waals surface area (Å²) in [6, 6.07) is 28.1. The molecule has 7 amide bonds. The molecule has 1 aliphatic heterocycles. The molecule has 102 heavy (non-hydrogen) atoms. The molecule has 3 atom stereocenters. The molecule has 3 heterocycles. The van der Waals surface area contributed by atoms with E-state index in [-0.39, 0.29) is 88.6 Å². The fraction of sp³-hybridized carbons (Fsp3) is 0.472. The van der Waals surface area contributed by atoms with E-state index in [4.69, 9.17) is 18.9 Å². The zero-order chi connectivity index (χ0) is 74.0. The first-order valence-electron chi connectivity index (χ1n) is 33.7. The Labute approximate surface area is 598 Å². The normalized spacial score (nSPS) is 14.2. The maximum Gasteiger partial charge on any atom is 0.471 e. The molecule has 1 fully saturated rings. The smallest absolute Gasteiger partial charge is 0.471 e. The number of halogens is 3. The van der Waals surface area contributed by atoms with Crippen molar-refractivity contribution in [3.8, 4) is 11.5 Å². The molecule has 0 saturated carbocycles. The van der Waals surface area contributed by atoms with Crippen LogP contribution in [0.4, 0.5) is 24.8 Å². The number of aromatic amines is 1. The summed E-state index contributed by atoms with van der Waals surface area (Å²) in [6.45, 7) is 8.18. The number of alkyl halides is 3. The first-order chi connectivity index (χ1) is 48.7. The number of hydrogen-bond donors (Lipinski definition) is 7. The first kappa shape index (κ1) is 80.2. The van der Waals surface area contributed by atoms with Crippen LogP contribution >= 0.6 is 21.6 Å². The predicted octanol–water partition coefficient (Wildman–Crippen LogP) is 8.85. The highest BCUT2D eigenvalue weighted by Gasteiger charge is 2.44. The van der Waals surface area contributed by atoms with Gasteiger partial charge in [-0.2, -0.15) is 18.2 Å². The van der Waals surface area contributed by atoms with Gasteiger partial charge in [0.25, 0.3) is 11.5 Å². The molecule has 4 aromatic carbocycles. The number of esters is 1. The number of aliphatic hydroxyl groups excluding tert-OH is 1. The van der Waals surface area contributed by atoms with Gasteiger partial charge in [-0.1, -0.05) is 103 Å². The Kier molecular flexibility index (Phi) is 30.5. The molecule has 7 rings (SSSR count). The summed E-state index contributed by atoms with van der Waals surface area (Å²) < 4.78 is 64.4. The standard InChI is InChI=1S/C72H90F3N11O14S2/c1-46(2)64(92)83-69-82-63-62(66(94)84-69)80-51(42-79-63)43-86(68(96)72(73,74)75)52-27-21-47(22-28-52)65(93)81-57(67(95)99-7)33-34-59(89)76-37-15-9-13-19-58(88)78-39-40-101-102-70(3,4)36-35-60(90)77-38-16-10-14-20-61(91)85-44-54(87)41-53(85)45-100-71(48-17-11-8-12-18-48,49-23-29-55(97-5)30-24-49)50-25-31-56(98-6)32-26-50/h8,11-12,17-18,21-32,42,46,53-54,57,87H,9-10,13-16,19-20,33-41,43-45H2,1-7H3,(H,76,89)(H,77,90)(H,78,88)(H,81,93)(H2,79,82,83,84,92,94)/t53-,54+,57-/m0/s1. The lowest BCUT2D eigenvalue weighted by Crippen LogP contribution is -2.42. The van der Waals surface area contributed by atoms with E-state index in [1.165, 1.54) is 0 Å². The van der Waals surface area contributed by atoms with Crippen LogP contribution in [0.2, 0.25) is 0 Å². The van der Waals surface area contributed by atoms with E-state index in [0.29, 0.717) is 106 Å². The number of β-amino-alcohol motifs (C(OH)–C–C–N with tert-alkyl or cyclic N) is 1. The van der Waals surface area contributed by atoms with Gasteiger partial charge in [-0.3, -0.25) is 53.6 Å². The minimum Gasteiger partial charge on any atom is -0.497 e. The second-order valence-corrected chi connectivity index (χ2v) is 28.5. The van der Waals surface area contributed by atoms with E-state index in [1.54, 1.807) is 54.6 Å². The number of likely N-dealkylation sites (tertiary alicyclic amines) is 1. The average molecular weight is 1450 g/mol. The van der Waals surface area contributed by atoms with Crippen molar-refractivity contribution in [2.45, 2.75) is 152 Å². The van der Waals surface area contributed by atoms with Crippen molar-refractivity contribution in [1.29, 1.82) is 0 Å². The topological polar surface area (TPSA) is 332 Å². The summed E-state index contributed by atoms with van der Waals surface area (Å²) in [7, 11) is 7.60. The monoisotopic (exact) mass is 1450 g/mol. The van der Waals surface area contributed by atoms with Crippen LogP contribution < -0.4 is 46.5 Å². The maximum absolute atomic E-state index is 13.9. The number of methoxy groups -OCH3 is 3. The minimum atomic E-state index is -5.36. The summed E-state index contributed by atoms with van der Waals surface area (Å²) >= 11 is 0. The maximum atomic E-state index is 13.9. The largest absolute Gasteiger partial charge is 0.497 e. The van der Waals surface area contributed by atoms with Crippen molar-refractivity contribution in [3.63, 3.8) is 0 Å². The van der Waals surface area contributed by atoms with Gasteiger partial charge in [0.15, 0.2) is 11.2 Å². The highest BCUT2D eigenvalue weighted by atomic mass is 33.1. The molecule has 1 saturated heterocycles. The van der Waals surface area contributed by atoms with E-state index in [0.717, 1.165) is 60.7 Å². The van der Waals surface area contributed by atoms with Crippen LogP contribution in [0.3, 0.4) is 0 Å². The Balaban J connectivity index is 0.732. The van der Waals surface area contributed by atoms with Gasteiger partial charge in [0.05, 0.1) is 58.5 Å². The van der Waals surface area contributed by atoms with E-state index >= 15 is 0 Å². The number of hydrogen-bond acceptors (Lipinski definition) is 19. The highest BCUT2D eigenvalue weighted by Crippen LogP contribution is 2.43. The number of carbonyl (C=O) groups is 8. The van der Waals surface area contributed by atoms with Crippen LogP contribution in [-0.2, 0) is 55.2 Å². The van der Waals surface area contributed by atoms with Gasteiger partial charge in [-0.15, -0.1) is 0 Å². The van der Waals surface area contributed by atoms with Crippen LogP contribution in [0.25, 0.3) is 11.2 Å². The Morgan fingerprint density at radius 3 is 1.91 bits per heavy atom. The third-order valence-corrected chi connectivity index (χ3v) is 20.2. The number of aliphatic hydroxyl groups is 1. The molecule has 550 valence electrons. The summed E-state index contributed by atoms with van der Waals surface area (Å²) in [4.78, 5) is 132. The predicted molar refractivity (Wildman–Crippen MR) is 381 cm³/mol. The van der Waals surface area contributed by atoms with E-state index < -0.39 is 71.5 Å². The molecule has 0 spiro atoms. The van der Waals surface area contributed by atoms with Crippen molar-refractivity contribution in [1.82, 2.24) is 46.1 Å². The van der Waals surface area contributed by atoms with E-state index in [1.807, 2.05) is 78.9 Å². The second-order valence-electron chi connectivity index (χ2n) is 25.4. The Morgan fingerprint density at radius 1 is 0.725 bits per heavy atom. The number of nitrogens with one attached hydrogen (secondary N) is 6. The SMILES string of the molecule is COC(=O)[C@H](CCC(=O)NCCCCCC(=O)NCCSSC(C)(C)CCC(=O)NCCCCCC(=O)N1C[C@H](O)C[C@H]1COC(c1ccccc1)(c1ccc(OC)cc1)c1ccc(OC)cc1)NC(=O)c1ccc(N(Cc2cnc3nc(NC(=O)C(C)C)[nH]c(=O)c3n2)C(=O)C(F)(F)F)cc1. The van der Waals surface area contributed by atoms with E-state index in [2.05, 4.69) is 60.4 Å². The number of carbonyl (C=O) groups excluding carboxylic acids is 8. The second kappa shape index (κ2) is 38.8. The van der Waals surface area contributed by atoms with Crippen molar-refractivity contribution in [3.05, 3.63) is 148 Å². The number of H-pyrrole nitrogens is 1. The Morgan fingerprint density at radius 2 is 1.31 bits per heavy atom. The highest BCUT2D eigenvalue weighted by molar-refractivity contribution is 8.77. The van der Waals surface area contributed by atoms with Crippen molar-refractivity contribution < 1.29 is 75.6 Å². The van der Waals surface area contributed by atoms with Gasteiger partial charge in [0.2, 0.25) is 35.5 Å². The van der Waals surface area contributed by atoms with Crippen LogP contribution in [0, 0.1) is 5.92 Å². The van der Waals surface area contributed by atoms with Gasteiger partial charge < -0.3 is 50.2 Å². The third-order valence-electron chi connectivity index (χ3n) is 16.9. The molecular weight excluding hydrogens is 1360 g/mol. The molecule has 0 unspecified atom stereocenters. The molecule has 1 aliphatic rings. The summed E-state index contributed by atoms with van der Waals surface area (Å²) in [6.07, 6.45) is 0.440. The fourth-order valence-corrected chi connectivity index (χ4v) is 13.7. The van der Waals surface area contributed by atoms with Gasteiger partial charge in [-0.25, -0.2) is 14.8 Å². The zero-order valence-corrected chi connectivity index (χ0v) is 59.9. The quantitative estimate of drug-likeness (QED) is 0.00819. The number of unbranched alkanes of at least 4 members (excludes halogenated alkanes) is 4. The van der Waals surface area contributed by atoms with Crippen LogP contribution in [0.1, 0.15) is 144 Å². The molecule has 0 aliphatic carbocycles. The number of benzene rings is 4. The zero-order valence-electron chi connectivity index (χ0n) is 58.3. The van der Waals surface area contributed by atoms with Crippen LogP contribution in [0.5, 0.6) is 11.5 Å². The number of fused-ring (bicyclic) bond motifs is 1. The van der Waals surface area contributed by atoms with Crippen LogP contribution in [0.15, 0.2) is 114 Å². The van der Waals surface area contributed by atoms with Crippen molar-refractivity contribution >= 4 is 91.7 Å². The molecular formula is C72H90F3N11O14S2. The molecule has 0 radical (unpaired) electrons. The third kappa shape index (κ3) is 23.7. The van der Waals surface area contributed by atoms with Gasteiger partial charge in [0, 0.05) is 79.5 Å². The number of nitrogens with zero attached hydrogens (tertiary/aromatic N) is 5. The summed E-state index contributed by atoms with van der Waals surface area (Å²) in [5, 5.41) is 24.5. The molecule has 6 aromatic rings. The van der Waals surface area contributed by atoms with Gasteiger partial charge in [0.1, 0.15) is 23.1 Å². The minimum absolute atomic E-state index is 0.0468. The molecule has 2 aromatic heterocycles. The van der Waals surface area contributed by atoms with Crippen LogP contribution in [-0.4, -0.2) is 166 Å². The molecule has 7 N–H and O–H groups in total. The van der Waals surface area contributed by atoms with Crippen molar-refractivity contribution in [2.75, 3.05) is 70.1 Å². The Hall–Kier alpha value is -9.13. The van der Waals surface area contributed by atoms with Gasteiger partial charge in [-0.05, 0) is 124 Å². The van der Waals surface area contributed by atoms with Gasteiger partial charge >= 0.3 is 18.1 Å². The number of anilines is 2. The number of rotatable bonds is 39. The van der Waals surface area contributed by atoms with Crippen molar-refractivity contribution in [2.24, 2.45) is 5.92 Å². The fourth-order valence-electron chi connectivity index (χ4n) is 11.2. The summed E-state index contributed by atoms with van der Waals surface area (Å²) in [5.41, 5.74) is -0.558. The lowest BCUT2D eigenvalue weighted by molar-refractivity contribution is -0.170. The average Bonchev–Trinajstić information content (AvgIpc) is 0.860. The number of ether oxygens (including phenoxy) is 4. The lowest BCUT2D eigenvalue weighted by atomic mass is 9.80. The summed E-state index contributed by atoms with van der Waals surface area (Å²) in [5.74, 6) is -3.67.